The number of oxazole rings is 1. The van der Waals surface area contributed by atoms with Gasteiger partial charge in [0.1, 0.15) is 5.52 Å². The summed E-state index contributed by atoms with van der Waals surface area (Å²) < 4.78 is 5.75. The summed E-state index contributed by atoms with van der Waals surface area (Å²) in [5.41, 5.74) is 2.99. The highest BCUT2D eigenvalue weighted by Gasteiger charge is 2.10. The second kappa shape index (κ2) is 7.85. The lowest BCUT2D eigenvalue weighted by molar-refractivity contribution is -0.120. The molecule has 0 spiro atoms. The van der Waals surface area contributed by atoms with E-state index in [4.69, 9.17) is 28.2 Å². The van der Waals surface area contributed by atoms with Gasteiger partial charge in [0.2, 0.25) is 11.8 Å². The third kappa shape index (κ3) is 4.59. The average Bonchev–Trinajstić information content (AvgIpc) is 2.97. The topological polar surface area (TPSA) is 67.2 Å². The fourth-order valence-corrected chi connectivity index (χ4v) is 2.83. The van der Waals surface area contributed by atoms with E-state index in [2.05, 4.69) is 15.6 Å². The van der Waals surface area contributed by atoms with Crippen molar-refractivity contribution in [3.8, 4) is 11.5 Å². The molecule has 0 aliphatic rings. The van der Waals surface area contributed by atoms with E-state index in [9.17, 15) is 4.79 Å². The van der Waals surface area contributed by atoms with Crippen LogP contribution in [0.15, 0.2) is 46.9 Å². The minimum Gasteiger partial charge on any atom is -0.436 e. The fraction of sp³-hybridized carbons (Fsp3) is 0.211. The monoisotopic (exact) mass is 387 g/mol. The number of benzene rings is 2. The van der Waals surface area contributed by atoms with Crippen LogP contribution in [0.1, 0.15) is 20.3 Å². The van der Waals surface area contributed by atoms with Gasteiger partial charge in [-0.15, -0.1) is 0 Å². The predicted molar refractivity (Wildman–Crippen MR) is 108 cm³/mol. The lowest BCUT2D eigenvalue weighted by atomic mass is 10.1. The molecular weight excluding hydrogens is 370 g/mol. The van der Waals surface area contributed by atoms with Crippen LogP contribution in [-0.4, -0.2) is 16.0 Å². The number of carbonyl (C=O) groups is 1. The van der Waals surface area contributed by atoms with Gasteiger partial charge in [-0.3, -0.25) is 4.79 Å². The highest BCUT2D eigenvalue weighted by atomic mass is 35.5. The molecule has 3 rings (SSSR count). The van der Waals surface area contributed by atoms with E-state index in [0.29, 0.717) is 28.4 Å². The number of nitrogens with one attached hydrogen (secondary N) is 2. The summed E-state index contributed by atoms with van der Waals surface area (Å²) in [7, 11) is 0. The first-order valence-corrected chi connectivity index (χ1v) is 8.96. The van der Waals surface area contributed by atoms with Crippen molar-refractivity contribution in [2.45, 2.75) is 20.3 Å². The van der Waals surface area contributed by atoms with Gasteiger partial charge in [0.15, 0.2) is 10.7 Å². The third-order valence-electron chi connectivity index (χ3n) is 3.59. The SMILES string of the molecule is CC(C)CC(=O)NC(=S)Nc1ccc(-c2nc3cc(Cl)ccc3o2)cc1. The molecule has 0 bridgehead atoms. The maximum atomic E-state index is 11.7. The standard InChI is InChI=1S/C19H18ClN3O2S/c1-11(2)9-17(24)23-19(26)21-14-6-3-12(4-7-14)18-22-15-10-13(20)5-8-16(15)25-18/h3-8,10-11H,9H2,1-2H3,(H2,21,23,24,26). The molecule has 0 fully saturated rings. The number of thiocarbonyl (C=S) groups is 1. The number of anilines is 1. The summed E-state index contributed by atoms with van der Waals surface area (Å²) in [5.74, 6) is 0.698. The van der Waals surface area contributed by atoms with E-state index in [1.165, 1.54) is 0 Å². The number of hydrogen-bond acceptors (Lipinski definition) is 4. The maximum absolute atomic E-state index is 11.7. The lowest BCUT2D eigenvalue weighted by Crippen LogP contribution is -2.34. The summed E-state index contributed by atoms with van der Waals surface area (Å²) in [6.07, 6.45) is 0.433. The van der Waals surface area contributed by atoms with Crippen molar-refractivity contribution in [3.05, 3.63) is 47.5 Å². The van der Waals surface area contributed by atoms with Crippen LogP contribution in [-0.2, 0) is 4.79 Å². The number of hydrogen-bond donors (Lipinski definition) is 2. The van der Waals surface area contributed by atoms with Crippen LogP contribution in [0.3, 0.4) is 0 Å². The van der Waals surface area contributed by atoms with Crippen molar-refractivity contribution >= 4 is 51.6 Å². The second-order valence-electron chi connectivity index (χ2n) is 6.31. The summed E-state index contributed by atoms with van der Waals surface area (Å²) in [4.78, 5) is 16.2. The second-order valence-corrected chi connectivity index (χ2v) is 7.15. The zero-order chi connectivity index (χ0) is 18.7. The minimum absolute atomic E-state index is 0.0979. The van der Waals surface area contributed by atoms with E-state index in [1.807, 2.05) is 38.1 Å². The van der Waals surface area contributed by atoms with Gasteiger partial charge in [-0.2, -0.15) is 0 Å². The average molecular weight is 388 g/mol. The molecule has 0 aliphatic carbocycles. The van der Waals surface area contributed by atoms with Crippen LogP contribution in [0.5, 0.6) is 0 Å². The van der Waals surface area contributed by atoms with Crippen LogP contribution in [0.4, 0.5) is 5.69 Å². The van der Waals surface area contributed by atoms with Gasteiger partial charge < -0.3 is 15.1 Å². The van der Waals surface area contributed by atoms with Gasteiger partial charge in [-0.1, -0.05) is 25.4 Å². The summed E-state index contributed by atoms with van der Waals surface area (Å²) in [5, 5.41) is 6.55. The largest absolute Gasteiger partial charge is 0.436 e. The van der Waals surface area contributed by atoms with Crippen molar-refractivity contribution < 1.29 is 9.21 Å². The Morgan fingerprint density at radius 2 is 1.96 bits per heavy atom. The molecule has 0 unspecified atom stereocenters. The number of amides is 1. The lowest BCUT2D eigenvalue weighted by Gasteiger charge is -2.10. The Kier molecular flexibility index (Phi) is 5.54. The molecule has 0 aliphatic heterocycles. The zero-order valence-electron chi connectivity index (χ0n) is 14.4. The van der Waals surface area contributed by atoms with Gasteiger partial charge in [-0.05, 0) is 60.6 Å². The van der Waals surface area contributed by atoms with Crippen LogP contribution in [0, 0.1) is 5.92 Å². The molecule has 0 saturated heterocycles. The Bertz CT molecular complexity index is 951. The highest BCUT2D eigenvalue weighted by Crippen LogP contribution is 2.27. The predicted octanol–water partition coefficient (Wildman–Crippen LogP) is 5.01. The molecule has 2 aromatic carbocycles. The van der Waals surface area contributed by atoms with Crippen molar-refractivity contribution in [3.63, 3.8) is 0 Å². The number of aromatic nitrogens is 1. The van der Waals surface area contributed by atoms with Gasteiger partial charge in [0.05, 0.1) is 0 Å². The normalized spacial score (nSPS) is 10.9. The zero-order valence-corrected chi connectivity index (χ0v) is 15.9. The van der Waals surface area contributed by atoms with Crippen LogP contribution in [0.2, 0.25) is 5.02 Å². The van der Waals surface area contributed by atoms with Gasteiger partial charge in [0, 0.05) is 22.7 Å². The molecule has 1 heterocycles. The highest BCUT2D eigenvalue weighted by molar-refractivity contribution is 7.80. The fourth-order valence-electron chi connectivity index (χ4n) is 2.43. The number of rotatable bonds is 4. The number of nitrogens with zero attached hydrogens (tertiary/aromatic N) is 1. The molecule has 7 heteroatoms. The third-order valence-corrected chi connectivity index (χ3v) is 4.03. The van der Waals surface area contributed by atoms with Crippen LogP contribution < -0.4 is 10.6 Å². The van der Waals surface area contributed by atoms with Crippen molar-refractivity contribution in [1.29, 1.82) is 0 Å². The molecule has 0 saturated carbocycles. The first-order chi connectivity index (χ1) is 12.4. The summed E-state index contributed by atoms with van der Waals surface area (Å²) in [6.45, 7) is 3.96. The molecule has 0 atom stereocenters. The van der Waals surface area contributed by atoms with E-state index in [1.54, 1.807) is 18.2 Å². The Morgan fingerprint density at radius 3 is 2.65 bits per heavy atom. The van der Waals surface area contributed by atoms with Gasteiger partial charge >= 0.3 is 0 Å². The number of fused-ring (bicyclic) bond motifs is 1. The van der Waals surface area contributed by atoms with E-state index in [-0.39, 0.29) is 16.9 Å². The molecule has 134 valence electrons. The Morgan fingerprint density at radius 1 is 1.23 bits per heavy atom. The van der Waals surface area contributed by atoms with E-state index < -0.39 is 0 Å². The Labute approximate surface area is 161 Å². The number of carbonyl (C=O) groups excluding carboxylic acids is 1. The Balaban J connectivity index is 1.67. The molecule has 3 aromatic rings. The first-order valence-electron chi connectivity index (χ1n) is 8.18. The molecule has 1 aromatic heterocycles. The quantitative estimate of drug-likeness (QED) is 0.616. The van der Waals surface area contributed by atoms with E-state index in [0.717, 1.165) is 11.3 Å². The summed E-state index contributed by atoms with van der Waals surface area (Å²) in [6, 6.07) is 12.7. The van der Waals surface area contributed by atoms with E-state index >= 15 is 0 Å². The molecular formula is C19H18ClN3O2S. The first kappa shape index (κ1) is 18.4. The molecule has 1 amide bonds. The van der Waals surface area contributed by atoms with Gasteiger partial charge in [-0.25, -0.2) is 4.98 Å². The Hall–Kier alpha value is -2.44. The van der Waals surface area contributed by atoms with Crippen molar-refractivity contribution in [2.24, 2.45) is 5.92 Å². The van der Waals surface area contributed by atoms with Crippen molar-refractivity contribution in [1.82, 2.24) is 10.3 Å². The maximum Gasteiger partial charge on any atom is 0.227 e. The van der Waals surface area contributed by atoms with Crippen LogP contribution in [0.25, 0.3) is 22.6 Å². The smallest absolute Gasteiger partial charge is 0.227 e. The summed E-state index contributed by atoms with van der Waals surface area (Å²) >= 11 is 11.1. The van der Waals surface area contributed by atoms with Crippen molar-refractivity contribution in [2.75, 3.05) is 5.32 Å². The van der Waals surface area contributed by atoms with Crippen LogP contribution >= 0.6 is 23.8 Å². The molecule has 5 nitrogen and oxygen atoms in total. The van der Waals surface area contributed by atoms with Gasteiger partial charge in [0.25, 0.3) is 0 Å². The molecule has 2 N–H and O–H groups in total. The minimum atomic E-state index is -0.0979. The molecule has 26 heavy (non-hydrogen) atoms. The number of halogens is 1. The molecule has 0 radical (unpaired) electrons.